The summed E-state index contributed by atoms with van der Waals surface area (Å²) < 4.78 is 39.5. The number of rotatable bonds is 7. The zero-order chi connectivity index (χ0) is 21.8. The molecular formula is C23H19F2N3O2S. The van der Waals surface area contributed by atoms with Crippen molar-refractivity contribution in [1.29, 1.82) is 0 Å². The summed E-state index contributed by atoms with van der Waals surface area (Å²) in [6.07, 6.45) is 0. The van der Waals surface area contributed by atoms with Crippen molar-refractivity contribution in [3.05, 3.63) is 83.9 Å². The molecule has 0 saturated carbocycles. The molecule has 1 heterocycles. The Balaban J connectivity index is 1.75. The van der Waals surface area contributed by atoms with Gasteiger partial charge in [-0.2, -0.15) is 0 Å². The number of para-hydroxylation sites is 1. The molecule has 8 heteroatoms. The fraction of sp³-hybridized carbons (Fsp3) is 0.130. The van der Waals surface area contributed by atoms with Gasteiger partial charge in [-0.1, -0.05) is 36.0 Å². The second-order valence-corrected chi connectivity index (χ2v) is 7.56. The molecule has 0 unspecified atom stereocenters. The van der Waals surface area contributed by atoms with Crippen LogP contribution in [0.25, 0.3) is 17.1 Å². The van der Waals surface area contributed by atoms with Gasteiger partial charge in [0, 0.05) is 23.1 Å². The number of halogens is 2. The van der Waals surface area contributed by atoms with E-state index >= 15 is 0 Å². The van der Waals surface area contributed by atoms with E-state index in [-0.39, 0.29) is 0 Å². The Morgan fingerprint density at radius 2 is 1.55 bits per heavy atom. The van der Waals surface area contributed by atoms with Gasteiger partial charge in [0.1, 0.15) is 11.5 Å². The fourth-order valence-corrected chi connectivity index (χ4v) is 3.97. The number of hydrogen-bond donors (Lipinski definition) is 0. The van der Waals surface area contributed by atoms with Crippen LogP contribution in [-0.4, -0.2) is 29.0 Å². The van der Waals surface area contributed by atoms with E-state index in [0.29, 0.717) is 33.8 Å². The van der Waals surface area contributed by atoms with Gasteiger partial charge >= 0.3 is 0 Å². The lowest BCUT2D eigenvalue weighted by Crippen LogP contribution is -2.00. The van der Waals surface area contributed by atoms with Crippen LogP contribution < -0.4 is 9.47 Å². The summed E-state index contributed by atoms with van der Waals surface area (Å²) in [5.41, 5.74) is 2.29. The molecule has 4 rings (SSSR count). The standard InChI is InChI=1S/C23H19F2N3O2S/c1-29-18-11-16(12-19(13-18)30-2)22-26-27-23(28(22)17-6-4-3-5-7-17)31-14-15-8-9-20(24)21(25)10-15/h3-13H,14H2,1-2H3. The second-order valence-electron chi connectivity index (χ2n) is 6.62. The van der Waals surface area contributed by atoms with E-state index in [4.69, 9.17) is 9.47 Å². The summed E-state index contributed by atoms with van der Waals surface area (Å²) >= 11 is 1.38. The van der Waals surface area contributed by atoms with Gasteiger partial charge in [-0.05, 0) is 42.0 Å². The lowest BCUT2D eigenvalue weighted by Gasteiger charge is -2.12. The minimum Gasteiger partial charge on any atom is -0.497 e. The monoisotopic (exact) mass is 439 g/mol. The molecule has 0 aliphatic carbocycles. The largest absolute Gasteiger partial charge is 0.497 e. The molecule has 31 heavy (non-hydrogen) atoms. The number of methoxy groups -OCH3 is 2. The van der Waals surface area contributed by atoms with Crippen molar-refractivity contribution < 1.29 is 18.3 Å². The Bertz CT molecular complexity index is 1180. The van der Waals surface area contributed by atoms with Gasteiger partial charge in [-0.3, -0.25) is 4.57 Å². The minimum absolute atomic E-state index is 0.406. The average molecular weight is 439 g/mol. The van der Waals surface area contributed by atoms with Crippen molar-refractivity contribution in [2.75, 3.05) is 14.2 Å². The molecule has 158 valence electrons. The summed E-state index contributed by atoms with van der Waals surface area (Å²) in [5.74, 6) is 0.545. The first-order valence-electron chi connectivity index (χ1n) is 9.40. The van der Waals surface area contributed by atoms with Gasteiger partial charge in [0.25, 0.3) is 0 Å². The average Bonchev–Trinajstić information content (AvgIpc) is 3.24. The van der Waals surface area contributed by atoms with E-state index in [0.717, 1.165) is 17.3 Å². The van der Waals surface area contributed by atoms with Gasteiger partial charge in [0.2, 0.25) is 0 Å². The molecule has 0 fully saturated rings. The van der Waals surface area contributed by atoms with Crippen molar-refractivity contribution in [1.82, 2.24) is 14.8 Å². The third-order valence-corrected chi connectivity index (χ3v) is 5.61. The van der Waals surface area contributed by atoms with Gasteiger partial charge in [0.05, 0.1) is 14.2 Å². The molecule has 3 aromatic carbocycles. The van der Waals surface area contributed by atoms with Gasteiger partial charge in [0.15, 0.2) is 22.6 Å². The van der Waals surface area contributed by atoms with Crippen LogP contribution in [0.1, 0.15) is 5.56 Å². The number of benzene rings is 3. The summed E-state index contributed by atoms with van der Waals surface area (Å²) in [5, 5.41) is 9.38. The molecule has 0 N–H and O–H groups in total. The van der Waals surface area contributed by atoms with E-state index < -0.39 is 11.6 Å². The summed E-state index contributed by atoms with van der Waals surface area (Å²) in [7, 11) is 3.17. The molecule has 0 bridgehead atoms. The highest BCUT2D eigenvalue weighted by Gasteiger charge is 2.18. The number of thioether (sulfide) groups is 1. The van der Waals surface area contributed by atoms with Crippen LogP contribution >= 0.6 is 11.8 Å². The summed E-state index contributed by atoms with van der Waals surface area (Å²) in [6.45, 7) is 0. The first-order valence-corrected chi connectivity index (χ1v) is 10.4. The third-order valence-electron chi connectivity index (χ3n) is 4.61. The van der Waals surface area contributed by atoms with E-state index in [9.17, 15) is 8.78 Å². The first kappa shape index (κ1) is 20.9. The van der Waals surface area contributed by atoms with Gasteiger partial charge in [-0.25, -0.2) is 8.78 Å². The topological polar surface area (TPSA) is 49.2 Å². The molecule has 0 aliphatic rings. The number of aromatic nitrogens is 3. The maximum absolute atomic E-state index is 13.6. The molecule has 0 spiro atoms. The highest BCUT2D eigenvalue weighted by atomic mass is 32.2. The Labute approximate surface area is 182 Å². The van der Waals surface area contributed by atoms with E-state index in [1.54, 1.807) is 26.4 Å². The van der Waals surface area contributed by atoms with Crippen LogP contribution in [0.5, 0.6) is 11.5 Å². The quantitative estimate of drug-likeness (QED) is 0.355. The van der Waals surface area contributed by atoms with Crippen molar-refractivity contribution in [3.63, 3.8) is 0 Å². The van der Waals surface area contributed by atoms with Crippen molar-refractivity contribution >= 4 is 11.8 Å². The van der Waals surface area contributed by atoms with Crippen LogP contribution in [0.15, 0.2) is 71.9 Å². The molecule has 1 aromatic heterocycles. The van der Waals surface area contributed by atoms with Crippen LogP contribution in [0.3, 0.4) is 0 Å². The summed E-state index contributed by atoms with van der Waals surface area (Å²) in [6, 6.07) is 19.1. The first-order chi connectivity index (χ1) is 15.1. The van der Waals surface area contributed by atoms with Crippen molar-refractivity contribution in [2.45, 2.75) is 10.9 Å². The zero-order valence-electron chi connectivity index (χ0n) is 16.9. The fourth-order valence-electron chi connectivity index (χ4n) is 3.07. The van der Waals surface area contributed by atoms with Crippen LogP contribution in [0, 0.1) is 11.6 Å². The van der Waals surface area contributed by atoms with Crippen LogP contribution in [0.4, 0.5) is 8.78 Å². The minimum atomic E-state index is -0.869. The SMILES string of the molecule is COc1cc(OC)cc(-c2nnc(SCc3ccc(F)c(F)c3)n2-c2ccccc2)c1. The zero-order valence-corrected chi connectivity index (χ0v) is 17.7. The predicted octanol–water partition coefficient (Wildman–Crippen LogP) is 5.52. The van der Waals surface area contributed by atoms with Crippen molar-refractivity contribution in [3.8, 4) is 28.6 Å². The van der Waals surface area contributed by atoms with Gasteiger partial charge in [-0.15, -0.1) is 10.2 Å². The predicted molar refractivity (Wildman–Crippen MR) is 116 cm³/mol. The number of nitrogens with zero attached hydrogens (tertiary/aromatic N) is 3. The third kappa shape index (κ3) is 4.54. The number of hydrogen-bond acceptors (Lipinski definition) is 5. The molecule has 5 nitrogen and oxygen atoms in total. The smallest absolute Gasteiger partial charge is 0.196 e. The normalized spacial score (nSPS) is 10.8. The lowest BCUT2D eigenvalue weighted by molar-refractivity contribution is 0.394. The van der Waals surface area contributed by atoms with E-state index in [1.165, 1.54) is 17.8 Å². The van der Waals surface area contributed by atoms with Gasteiger partial charge < -0.3 is 9.47 Å². The highest BCUT2D eigenvalue weighted by Crippen LogP contribution is 2.33. The number of ether oxygens (including phenoxy) is 2. The molecule has 0 amide bonds. The Kier molecular flexibility index (Phi) is 6.18. The van der Waals surface area contributed by atoms with E-state index in [1.807, 2.05) is 47.0 Å². The van der Waals surface area contributed by atoms with E-state index in [2.05, 4.69) is 10.2 Å². The molecule has 4 aromatic rings. The molecule has 0 atom stereocenters. The highest BCUT2D eigenvalue weighted by molar-refractivity contribution is 7.98. The maximum atomic E-state index is 13.6. The Morgan fingerprint density at radius 1 is 0.839 bits per heavy atom. The Morgan fingerprint density at radius 3 is 2.19 bits per heavy atom. The maximum Gasteiger partial charge on any atom is 0.196 e. The molecular weight excluding hydrogens is 420 g/mol. The van der Waals surface area contributed by atoms with Crippen LogP contribution in [0.2, 0.25) is 0 Å². The second kappa shape index (κ2) is 9.18. The van der Waals surface area contributed by atoms with Crippen molar-refractivity contribution in [2.24, 2.45) is 0 Å². The molecule has 0 radical (unpaired) electrons. The molecule has 0 aliphatic heterocycles. The summed E-state index contributed by atoms with van der Waals surface area (Å²) in [4.78, 5) is 0. The molecule has 0 saturated heterocycles. The Hall–Kier alpha value is -3.39. The van der Waals surface area contributed by atoms with Crippen LogP contribution in [-0.2, 0) is 5.75 Å². The lowest BCUT2D eigenvalue weighted by atomic mass is 10.2.